The molecule has 3 aromatic heterocycles. The molecule has 0 bridgehead atoms. The molecular formula is C19H18BrN9O2. The van der Waals surface area contributed by atoms with E-state index in [1.54, 1.807) is 27.3 Å². The highest BCUT2D eigenvalue weighted by atomic mass is 79.9. The second kappa shape index (κ2) is 7.72. The van der Waals surface area contributed by atoms with Crippen LogP contribution >= 0.6 is 15.9 Å². The number of halogens is 1. The maximum absolute atomic E-state index is 11.5. The van der Waals surface area contributed by atoms with Crippen LogP contribution in [-0.4, -0.2) is 35.9 Å². The Labute approximate surface area is 183 Å². The molecule has 0 saturated carbocycles. The Hall–Kier alpha value is -3.93. The van der Waals surface area contributed by atoms with Gasteiger partial charge in [0.15, 0.2) is 5.65 Å². The zero-order valence-electron chi connectivity index (χ0n) is 16.1. The number of primary amides is 2. The summed E-state index contributed by atoms with van der Waals surface area (Å²) in [7, 11) is 0. The first-order valence-electron chi connectivity index (χ1n) is 9.08. The van der Waals surface area contributed by atoms with Crippen molar-refractivity contribution in [2.75, 3.05) is 11.5 Å². The van der Waals surface area contributed by atoms with Crippen molar-refractivity contribution in [1.82, 2.24) is 24.1 Å². The number of nitrogens with zero attached hydrogens (tertiary/aromatic N) is 5. The van der Waals surface area contributed by atoms with Gasteiger partial charge in [-0.05, 0) is 34.1 Å². The van der Waals surface area contributed by atoms with E-state index in [4.69, 9.17) is 22.9 Å². The number of aromatic nitrogens is 5. The summed E-state index contributed by atoms with van der Waals surface area (Å²) in [6.07, 6.45) is 5.18. The highest BCUT2D eigenvalue weighted by molar-refractivity contribution is 9.10. The number of allylic oxidation sites excluding steroid dienone is 2. The Kier molecular flexibility index (Phi) is 5.07. The molecule has 11 nitrogen and oxygen atoms in total. The first-order chi connectivity index (χ1) is 14.8. The molecule has 0 aliphatic rings. The number of amides is 2. The third-order valence-electron chi connectivity index (χ3n) is 4.75. The fourth-order valence-corrected chi connectivity index (χ4v) is 3.93. The van der Waals surface area contributed by atoms with Crippen LogP contribution in [-0.2, 0) is 13.1 Å². The van der Waals surface area contributed by atoms with Crippen LogP contribution in [0.2, 0.25) is 0 Å². The number of hydrogen-bond acceptors (Lipinski definition) is 7. The minimum atomic E-state index is -0.582. The normalized spacial score (nSPS) is 11.6. The summed E-state index contributed by atoms with van der Waals surface area (Å²) in [6, 6.07) is 4.79. The molecule has 1 aromatic carbocycles. The lowest BCUT2D eigenvalue weighted by atomic mass is 10.2. The number of anilines is 2. The van der Waals surface area contributed by atoms with Crippen LogP contribution in [0.3, 0.4) is 0 Å². The third-order valence-corrected chi connectivity index (χ3v) is 5.36. The van der Waals surface area contributed by atoms with Gasteiger partial charge in [-0.2, -0.15) is 0 Å². The molecule has 0 atom stereocenters. The highest BCUT2D eigenvalue weighted by Crippen LogP contribution is 2.28. The van der Waals surface area contributed by atoms with E-state index in [1.807, 2.05) is 12.2 Å². The van der Waals surface area contributed by atoms with Crippen LogP contribution in [0.25, 0.3) is 22.2 Å². The fourth-order valence-electron chi connectivity index (χ4n) is 3.27. The van der Waals surface area contributed by atoms with Gasteiger partial charge in [0.1, 0.15) is 5.52 Å². The average Bonchev–Trinajstić information content (AvgIpc) is 3.20. The number of rotatable bonds is 6. The molecule has 12 heteroatoms. The minimum Gasteiger partial charge on any atom is -0.369 e. The van der Waals surface area contributed by atoms with Gasteiger partial charge in [-0.3, -0.25) is 14.2 Å². The standard InChI is InChI=1S/C19H18BrN9O2/c20-11-5-9(15(21)30)6-12-14(11)28(18(23)26-12)3-1-2-4-29-17-13(27-19(29)24)7-10(8-25-17)16(22)31/h1-2,5-8H,3-4H2,(H2,21,30)(H2,22,31)(H2,23,26)(H2,24,27)/b2-1+. The second-order valence-corrected chi connectivity index (χ2v) is 7.61. The van der Waals surface area contributed by atoms with Crippen molar-refractivity contribution in [2.45, 2.75) is 13.1 Å². The Balaban J connectivity index is 1.58. The number of imidazole rings is 2. The number of carbonyl (C=O) groups is 2. The number of benzene rings is 1. The average molecular weight is 484 g/mol. The van der Waals surface area contributed by atoms with Gasteiger partial charge in [0.2, 0.25) is 23.7 Å². The monoisotopic (exact) mass is 483 g/mol. The number of fused-ring (bicyclic) bond motifs is 2. The van der Waals surface area contributed by atoms with E-state index in [2.05, 4.69) is 30.9 Å². The van der Waals surface area contributed by atoms with Crippen molar-refractivity contribution in [1.29, 1.82) is 0 Å². The van der Waals surface area contributed by atoms with Gasteiger partial charge in [0.25, 0.3) is 0 Å². The van der Waals surface area contributed by atoms with E-state index in [-0.39, 0.29) is 11.5 Å². The molecule has 0 fully saturated rings. The van der Waals surface area contributed by atoms with Gasteiger partial charge < -0.3 is 27.5 Å². The predicted molar refractivity (Wildman–Crippen MR) is 120 cm³/mol. The van der Waals surface area contributed by atoms with Crippen molar-refractivity contribution in [3.05, 3.63) is 52.1 Å². The third kappa shape index (κ3) is 3.68. The first kappa shape index (κ1) is 20.3. The fraction of sp³-hybridized carbons (Fsp3) is 0.105. The van der Waals surface area contributed by atoms with Crippen LogP contribution in [0.4, 0.5) is 11.9 Å². The molecule has 158 valence electrons. The van der Waals surface area contributed by atoms with E-state index >= 15 is 0 Å². The Morgan fingerprint density at radius 1 is 0.903 bits per heavy atom. The molecule has 3 heterocycles. The molecule has 0 aliphatic carbocycles. The maximum atomic E-state index is 11.5. The Morgan fingerprint density at radius 2 is 1.48 bits per heavy atom. The van der Waals surface area contributed by atoms with Crippen LogP contribution < -0.4 is 22.9 Å². The van der Waals surface area contributed by atoms with Crippen LogP contribution in [0, 0.1) is 0 Å². The van der Waals surface area contributed by atoms with Crippen molar-refractivity contribution >= 4 is 61.8 Å². The zero-order chi connectivity index (χ0) is 22.3. The van der Waals surface area contributed by atoms with E-state index in [0.717, 1.165) is 5.52 Å². The van der Waals surface area contributed by atoms with Crippen molar-refractivity contribution in [3.8, 4) is 0 Å². The summed E-state index contributed by atoms with van der Waals surface area (Å²) in [5.74, 6) is -0.558. The van der Waals surface area contributed by atoms with Gasteiger partial charge in [0.05, 0.1) is 16.6 Å². The van der Waals surface area contributed by atoms with E-state index < -0.39 is 11.8 Å². The van der Waals surface area contributed by atoms with Crippen LogP contribution in [0.5, 0.6) is 0 Å². The summed E-state index contributed by atoms with van der Waals surface area (Å²) in [5, 5.41) is 0. The zero-order valence-corrected chi connectivity index (χ0v) is 17.7. The summed E-state index contributed by atoms with van der Waals surface area (Å²) in [4.78, 5) is 35.6. The Morgan fingerprint density at radius 3 is 2.16 bits per heavy atom. The number of hydrogen-bond donors (Lipinski definition) is 4. The largest absolute Gasteiger partial charge is 0.369 e. The molecule has 0 saturated heterocycles. The molecule has 31 heavy (non-hydrogen) atoms. The smallest absolute Gasteiger partial charge is 0.250 e. The number of nitrogen functional groups attached to an aromatic ring is 2. The molecule has 0 aliphatic heterocycles. The van der Waals surface area contributed by atoms with E-state index in [9.17, 15) is 9.59 Å². The summed E-state index contributed by atoms with van der Waals surface area (Å²) in [5.41, 5.74) is 25.6. The molecule has 8 N–H and O–H groups in total. The van der Waals surface area contributed by atoms with Gasteiger partial charge in [-0.1, -0.05) is 12.2 Å². The number of carbonyl (C=O) groups excluding carboxylic acids is 2. The molecule has 0 spiro atoms. The highest BCUT2D eigenvalue weighted by Gasteiger charge is 2.14. The molecular weight excluding hydrogens is 466 g/mol. The topological polar surface area (TPSA) is 187 Å². The van der Waals surface area contributed by atoms with Crippen LogP contribution in [0.1, 0.15) is 20.7 Å². The summed E-state index contributed by atoms with van der Waals surface area (Å²) < 4.78 is 4.17. The van der Waals surface area contributed by atoms with Gasteiger partial charge >= 0.3 is 0 Å². The summed E-state index contributed by atoms with van der Waals surface area (Å²) >= 11 is 3.45. The van der Waals surface area contributed by atoms with Crippen molar-refractivity contribution in [3.63, 3.8) is 0 Å². The first-order valence-corrected chi connectivity index (χ1v) is 9.87. The second-order valence-electron chi connectivity index (χ2n) is 6.75. The molecule has 2 amide bonds. The number of pyridine rings is 1. The lowest BCUT2D eigenvalue weighted by molar-refractivity contribution is 0.0991. The van der Waals surface area contributed by atoms with E-state index in [1.165, 1.54) is 6.20 Å². The summed E-state index contributed by atoms with van der Waals surface area (Å²) in [6.45, 7) is 0.841. The predicted octanol–water partition coefficient (Wildman–Crippen LogP) is 1.16. The molecule has 4 aromatic rings. The molecule has 0 unspecified atom stereocenters. The Bertz CT molecular complexity index is 1390. The molecule has 4 rings (SSSR count). The minimum absolute atomic E-state index is 0.264. The van der Waals surface area contributed by atoms with Gasteiger partial charge in [0, 0.05) is 29.3 Å². The lowest BCUT2D eigenvalue weighted by Crippen LogP contribution is -2.11. The SMILES string of the molecule is NC(=O)c1cnc2c(c1)nc(N)n2C/C=C/Cn1c(N)nc2cc(C(N)=O)cc(Br)c21. The number of nitrogens with two attached hydrogens (primary N) is 4. The van der Waals surface area contributed by atoms with Gasteiger partial charge in [-0.25, -0.2) is 15.0 Å². The quantitative estimate of drug-likeness (QED) is 0.296. The maximum Gasteiger partial charge on any atom is 0.250 e. The van der Waals surface area contributed by atoms with Crippen molar-refractivity contribution in [2.24, 2.45) is 11.5 Å². The lowest BCUT2D eigenvalue weighted by Gasteiger charge is -2.06. The molecule has 0 radical (unpaired) electrons. The van der Waals surface area contributed by atoms with E-state index in [0.29, 0.717) is 45.8 Å². The van der Waals surface area contributed by atoms with Crippen LogP contribution in [0.15, 0.2) is 41.0 Å². The van der Waals surface area contributed by atoms with Gasteiger partial charge in [-0.15, -0.1) is 0 Å². The van der Waals surface area contributed by atoms with Crippen molar-refractivity contribution < 1.29 is 9.59 Å².